The van der Waals surface area contributed by atoms with Gasteiger partial charge < -0.3 is 5.32 Å². The van der Waals surface area contributed by atoms with E-state index in [2.05, 4.69) is 5.32 Å². The highest BCUT2D eigenvalue weighted by Crippen LogP contribution is 2.35. The Morgan fingerprint density at radius 1 is 1.35 bits per heavy atom. The summed E-state index contributed by atoms with van der Waals surface area (Å²) in [6.07, 6.45) is 4.70. The molecule has 1 aliphatic carbocycles. The van der Waals surface area contributed by atoms with Gasteiger partial charge in [-0.15, -0.1) is 0 Å². The number of halogens is 2. The van der Waals surface area contributed by atoms with Crippen molar-refractivity contribution >= 4 is 11.6 Å². The average molecular weight is 256 g/mol. The third kappa shape index (κ3) is 2.99. The molecule has 1 fully saturated rings. The SMILES string of the molecule is CNCC1CCCC1Cc1cccc(F)c1Cl. The lowest BCUT2D eigenvalue weighted by atomic mass is 9.89. The Hall–Kier alpha value is -0.600. The van der Waals surface area contributed by atoms with Crippen LogP contribution in [0, 0.1) is 17.7 Å². The second-order valence-electron chi connectivity index (χ2n) is 4.93. The molecule has 2 unspecified atom stereocenters. The number of rotatable bonds is 4. The van der Waals surface area contributed by atoms with Crippen LogP contribution in [-0.2, 0) is 6.42 Å². The highest BCUT2D eigenvalue weighted by molar-refractivity contribution is 6.31. The van der Waals surface area contributed by atoms with E-state index < -0.39 is 0 Å². The fraction of sp³-hybridized carbons (Fsp3) is 0.571. The van der Waals surface area contributed by atoms with Gasteiger partial charge in [0, 0.05) is 0 Å². The first-order chi connectivity index (χ1) is 8.22. The molecule has 0 saturated heterocycles. The predicted octanol–water partition coefficient (Wildman–Crippen LogP) is 3.66. The third-order valence-corrected chi connectivity index (χ3v) is 4.22. The minimum Gasteiger partial charge on any atom is -0.319 e. The highest BCUT2D eigenvalue weighted by Gasteiger charge is 2.27. The van der Waals surface area contributed by atoms with Gasteiger partial charge in [-0.25, -0.2) is 4.39 Å². The lowest BCUT2D eigenvalue weighted by Gasteiger charge is -2.19. The zero-order valence-corrected chi connectivity index (χ0v) is 10.9. The third-order valence-electron chi connectivity index (χ3n) is 3.80. The van der Waals surface area contributed by atoms with Gasteiger partial charge in [-0.2, -0.15) is 0 Å². The molecule has 1 N–H and O–H groups in total. The summed E-state index contributed by atoms with van der Waals surface area (Å²) >= 11 is 6.01. The van der Waals surface area contributed by atoms with Crippen LogP contribution in [0.2, 0.25) is 5.02 Å². The molecule has 94 valence electrons. The van der Waals surface area contributed by atoms with Gasteiger partial charge in [0.2, 0.25) is 0 Å². The topological polar surface area (TPSA) is 12.0 Å². The van der Waals surface area contributed by atoms with Gasteiger partial charge in [-0.3, -0.25) is 0 Å². The van der Waals surface area contributed by atoms with Gasteiger partial charge in [0.25, 0.3) is 0 Å². The molecule has 1 nitrogen and oxygen atoms in total. The Labute approximate surface area is 107 Å². The molecule has 1 saturated carbocycles. The summed E-state index contributed by atoms with van der Waals surface area (Å²) in [6.45, 7) is 1.05. The molecule has 0 bridgehead atoms. The molecule has 1 aromatic carbocycles. The Morgan fingerprint density at radius 2 is 2.12 bits per heavy atom. The number of hydrogen-bond acceptors (Lipinski definition) is 1. The summed E-state index contributed by atoms with van der Waals surface area (Å²) in [7, 11) is 1.99. The van der Waals surface area contributed by atoms with Crippen molar-refractivity contribution in [3.05, 3.63) is 34.6 Å². The molecule has 1 aliphatic rings. The maximum atomic E-state index is 13.4. The van der Waals surface area contributed by atoms with Crippen molar-refractivity contribution in [2.45, 2.75) is 25.7 Å². The Morgan fingerprint density at radius 3 is 2.88 bits per heavy atom. The fourth-order valence-electron chi connectivity index (χ4n) is 2.90. The summed E-state index contributed by atoms with van der Waals surface area (Å²) < 4.78 is 13.4. The normalized spacial score (nSPS) is 24.2. The Kier molecular flexibility index (Phi) is 4.41. The van der Waals surface area contributed by atoms with Crippen molar-refractivity contribution < 1.29 is 4.39 Å². The molecular formula is C14H19ClFN. The summed E-state index contributed by atoms with van der Waals surface area (Å²) in [6, 6.07) is 5.12. The maximum Gasteiger partial charge on any atom is 0.142 e. The second kappa shape index (κ2) is 5.83. The van der Waals surface area contributed by atoms with E-state index in [9.17, 15) is 4.39 Å². The Bertz CT molecular complexity index is 380. The first-order valence-corrected chi connectivity index (χ1v) is 6.67. The van der Waals surface area contributed by atoms with Crippen LogP contribution in [0.15, 0.2) is 18.2 Å². The minimum absolute atomic E-state index is 0.299. The first-order valence-electron chi connectivity index (χ1n) is 6.30. The van der Waals surface area contributed by atoms with E-state index in [1.54, 1.807) is 6.07 Å². The predicted molar refractivity (Wildman–Crippen MR) is 69.9 cm³/mol. The molecule has 0 radical (unpaired) electrons. The largest absolute Gasteiger partial charge is 0.319 e. The van der Waals surface area contributed by atoms with Crippen molar-refractivity contribution in [2.24, 2.45) is 11.8 Å². The molecule has 0 heterocycles. The lowest BCUT2D eigenvalue weighted by Crippen LogP contribution is -2.23. The second-order valence-corrected chi connectivity index (χ2v) is 5.30. The van der Waals surface area contributed by atoms with Gasteiger partial charge in [-0.05, 0) is 56.3 Å². The summed E-state index contributed by atoms with van der Waals surface area (Å²) in [4.78, 5) is 0. The summed E-state index contributed by atoms with van der Waals surface area (Å²) in [5, 5.41) is 3.55. The van der Waals surface area contributed by atoms with Gasteiger partial charge in [0.05, 0.1) is 5.02 Å². The molecule has 0 aliphatic heterocycles. The quantitative estimate of drug-likeness (QED) is 0.866. The minimum atomic E-state index is -0.299. The highest BCUT2D eigenvalue weighted by atomic mass is 35.5. The van der Waals surface area contributed by atoms with Crippen molar-refractivity contribution in [1.82, 2.24) is 5.32 Å². The van der Waals surface area contributed by atoms with Crippen molar-refractivity contribution in [3.63, 3.8) is 0 Å². The van der Waals surface area contributed by atoms with Crippen molar-refractivity contribution in [1.29, 1.82) is 0 Å². The smallest absolute Gasteiger partial charge is 0.142 e. The standard InChI is InChI=1S/C14H19ClFN/c1-17-9-12-6-2-4-10(12)8-11-5-3-7-13(16)14(11)15/h3,5,7,10,12,17H,2,4,6,8-9H2,1H3. The average Bonchev–Trinajstić information content (AvgIpc) is 2.73. The van der Waals surface area contributed by atoms with E-state index >= 15 is 0 Å². The van der Waals surface area contributed by atoms with Crippen LogP contribution in [0.4, 0.5) is 4.39 Å². The van der Waals surface area contributed by atoms with Crippen molar-refractivity contribution in [3.8, 4) is 0 Å². The molecular weight excluding hydrogens is 237 g/mol. The summed E-state index contributed by atoms with van der Waals surface area (Å²) in [5.41, 5.74) is 0.958. The van der Waals surface area contributed by atoms with Crippen LogP contribution in [0.25, 0.3) is 0 Å². The van der Waals surface area contributed by atoms with E-state index in [1.807, 2.05) is 13.1 Å². The van der Waals surface area contributed by atoms with Gasteiger partial charge in [0.15, 0.2) is 0 Å². The molecule has 3 heteroatoms. The number of hydrogen-bond donors (Lipinski definition) is 1. The monoisotopic (exact) mass is 255 g/mol. The number of nitrogens with one attached hydrogen (secondary N) is 1. The van der Waals surface area contributed by atoms with E-state index in [1.165, 1.54) is 25.3 Å². The molecule has 0 aromatic heterocycles. The van der Waals surface area contributed by atoms with Crippen LogP contribution in [0.5, 0.6) is 0 Å². The molecule has 17 heavy (non-hydrogen) atoms. The molecule has 2 rings (SSSR count). The van der Waals surface area contributed by atoms with Crippen LogP contribution < -0.4 is 5.32 Å². The first kappa shape index (κ1) is 12.8. The van der Waals surface area contributed by atoms with Gasteiger partial charge >= 0.3 is 0 Å². The van der Waals surface area contributed by atoms with E-state index in [-0.39, 0.29) is 5.82 Å². The van der Waals surface area contributed by atoms with Gasteiger partial charge in [0.1, 0.15) is 5.82 Å². The number of benzene rings is 1. The molecule has 0 amide bonds. The van der Waals surface area contributed by atoms with Gasteiger partial charge in [-0.1, -0.05) is 30.2 Å². The fourth-order valence-corrected chi connectivity index (χ4v) is 3.10. The van der Waals surface area contributed by atoms with Crippen LogP contribution in [0.3, 0.4) is 0 Å². The van der Waals surface area contributed by atoms with E-state index in [0.29, 0.717) is 16.9 Å². The van der Waals surface area contributed by atoms with E-state index in [0.717, 1.165) is 18.5 Å². The molecule has 0 spiro atoms. The maximum absolute atomic E-state index is 13.4. The van der Waals surface area contributed by atoms with Crippen molar-refractivity contribution in [2.75, 3.05) is 13.6 Å². The lowest BCUT2D eigenvalue weighted by molar-refractivity contribution is 0.374. The van der Waals surface area contributed by atoms with Crippen LogP contribution in [-0.4, -0.2) is 13.6 Å². The summed E-state index contributed by atoms with van der Waals surface area (Å²) in [5.74, 6) is 1.05. The zero-order valence-electron chi connectivity index (χ0n) is 10.2. The van der Waals surface area contributed by atoms with Crippen LogP contribution in [0.1, 0.15) is 24.8 Å². The zero-order chi connectivity index (χ0) is 12.3. The van der Waals surface area contributed by atoms with E-state index in [4.69, 9.17) is 11.6 Å². The van der Waals surface area contributed by atoms with Crippen LogP contribution >= 0.6 is 11.6 Å². The Balaban J connectivity index is 2.07. The molecule has 1 aromatic rings. The molecule has 2 atom stereocenters.